The number of aromatic amines is 1. The summed E-state index contributed by atoms with van der Waals surface area (Å²) in [6.07, 6.45) is 4.16. The quantitative estimate of drug-likeness (QED) is 0.802. The van der Waals surface area contributed by atoms with Gasteiger partial charge in [-0.15, -0.1) is 11.6 Å². The summed E-state index contributed by atoms with van der Waals surface area (Å²) in [6, 6.07) is 0. The van der Waals surface area contributed by atoms with Crippen molar-refractivity contribution in [2.24, 2.45) is 0 Å². The summed E-state index contributed by atoms with van der Waals surface area (Å²) < 4.78 is 0. The highest BCUT2D eigenvalue weighted by molar-refractivity contribution is 6.17. The van der Waals surface area contributed by atoms with Gasteiger partial charge in [-0.25, -0.2) is 9.97 Å². The Morgan fingerprint density at radius 1 is 1.40 bits per heavy atom. The van der Waals surface area contributed by atoms with Gasteiger partial charge < -0.3 is 0 Å². The Hall–Kier alpha value is -1.49. The van der Waals surface area contributed by atoms with Crippen molar-refractivity contribution in [3.8, 4) is 11.5 Å². The third-order valence-corrected chi connectivity index (χ3v) is 2.37. The van der Waals surface area contributed by atoms with Gasteiger partial charge in [-0.05, 0) is 6.42 Å². The molecule has 6 heteroatoms. The van der Waals surface area contributed by atoms with Crippen molar-refractivity contribution in [3.63, 3.8) is 0 Å². The highest BCUT2D eigenvalue weighted by Gasteiger charge is 2.08. The molecule has 78 valence electrons. The predicted molar refractivity (Wildman–Crippen MR) is 56.3 cm³/mol. The number of nitrogens with one attached hydrogen (secondary N) is 1. The molecule has 0 saturated carbocycles. The molecule has 1 N–H and O–H groups in total. The van der Waals surface area contributed by atoms with Crippen LogP contribution in [0.25, 0.3) is 11.5 Å². The van der Waals surface area contributed by atoms with E-state index in [0.29, 0.717) is 17.4 Å². The third-order valence-electron chi connectivity index (χ3n) is 2.08. The minimum Gasteiger partial charge on any atom is -0.235 e. The molecule has 2 aromatic rings. The SMILES string of the molecule is CCc1nc(-c2cn[nH]n2)ncc1CCl. The van der Waals surface area contributed by atoms with E-state index in [-0.39, 0.29) is 0 Å². The lowest BCUT2D eigenvalue weighted by Crippen LogP contribution is -1.99. The fourth-order valence-electron chi connectivity index (χ4n) is 1.29. The fourth-order valence-corrected chi connectivity index (χ4v) is 1.52. The van der Waals surface area contributed by atoms with E-state index in [1.54, 1.807) is 12.4 Å². The van der Waals surface area contributed by atoms with Crippen LogP contribution in [0.5, 0.6) is 0 Å². The van der Waals surface area contributed by atoms with E-state index in [0.717, 1.165) is 17.7 Å². The number of hydrogen-bond acceptors (Lipinski definition) is 4. The number of halogens is 1. The van der Waals surface area contributed by atoms with E-state index in [2.05, 4.69) is 25.4 Å². The van der Waals surface area contributed by atoms with Crippen LogP contribution in [0.3, 0.4) is 0 Å². The van der Waals surface area contributed by atoms with E-state index in [9.17, 15) is 0 Å². The van der Waals surface area contributed by atoms with Gasteiger partial charge in [-0.1, -0.05) is 6.92 Å². The summed E-state index contributed by atoms with van der Waals surface area (Å²) in [5.74, 6) is 1.01. The molecule has 0 aromatic carbocycles. The number of alkyl halides is 1. The molecule has 0 radical (unpaired) electrons. The van der Waals surface area contributed by atoms with Crippen LogP contribution in [0.15, 0.2) is 12.4 Å². The van der Waals surface area contributed by atoms with Crippen LogP contribution >= 0.6 is 11.6 Å². The maximum absolute atomic E-state index is 5.77. The summed E-state index contributed by atoms with van der Waals surface area (Å²) in [5, 5.41) is 10.2. The average Bonchev–Trinajstić information content (AvgIpc) is 2.81. The van der Waals surface area contributed by atoms with E-state index in [4.69, 9.17) is 11.6 Å². The fraction of sp³-hybridized carbons (Fsp3) is 0.333. The van der Waals surface area contributed by atoms with Crippen LogP contribution in [0.1, 0.15) is 18.2 Å². The van der Waals surface area contributed by atoms with Crippen molar-refractivity contribution in [2.45, 2.75) is 19.2 Å². The zero-order chi connectivity index (χ0) is 10.7. The summed E-state index contributed by atoms with van der Waals surface area (Å²) in [7, 11) is 0. The van der Waals surface area contributed by atoms with Crippen LogP contribution in [0, 0.1) is 0 Å². The maximum Gasteiger partial charge on any atom is 0.181 e. The van der Waals surface area contributed by atoms with Crippen molar-refractivity contribution in [1.82, 2.24) is 25.4 Å². The first kappa shape index (κ1) is 10.0. The lowest BCUT2D eigenvalue weighted by Gasteiger charge is -2.03. The number of H-pyrrole nitrogens is 1. The Balaban J connectivity index is 2.43. The number of hydrogen-bond donors (Lipinski definition) is 1. The number of rotatable bonds is 3. The Morgan fingerprint density at radius 3 is 2.87 bits per heavy atom. The molecule has 0 aliphatic rings. The number of aromatic nitrogens is 5. The van der Waals surface area contributed by atoms with E-state index >= 15 is 0 Å². The highest BCUT2D eigenvalue weighted by Crippen LogP contribution is 2.14. The van der Waals surface area contributed by atoms with Gasteiger partial charge in [0.15, 0.2) is 5.82 Å². The summed E-state index contributed by atoms with van der Waals surface area (Å²) in [6.45, 7) is 2.03. The summed E-state index contributed by atoms with van der Waals surface area (Å²) in [5.41, 5.74) is 2.57. The van der Waals surface area contributed by atoms with Gasteiger partial charge in [0.25, 0.3) is 0 Å². The average molecular weight is 224 g/mol. The molecular formula is C9H10ClN5. The number of nitrogens with zero attached hydrogens (tertiary/aromatic N) is 4. The van der Waals surface area contributed by atoms with Crippen LogP contribution in [0.4, 0.5) is 0 Å². The van der Waals surface area contributed by atoms with Crippen molar-refractivity contribution in [1.29, 1.82) is 0 Å². The molecule has 2 rings (SSSR count). The Bertz CT molecular complexity index is 440. The van der Waals surface area contributed by atoms with Crippen LogP contribution in [-0.2, 0) is 12.3 Å². The second-order valence-corrected chi connectivity index (χ2v) is 3.28. The Kier molecular flexibility index (Phi) is 2.91. The largest absolute Gasteiger partial charge is 0.235 e. The first-order chi connectivity index (χ1) is 7.35. The van der Waals surface area contributed by atoms with Crippen LogP contribution in [-0.4, -0.2) is 25.4 Å². The Morgan fingerprint density at radius 2 is 2.27 bits per heavy atom. The minimum absolute atomic E-state index is 0.433. The van der Waals surface area contributed by atoms with Gasteiger partial charge in [-0.2, -0.15) is 15.4 Å². The molecule has 15 heavy (non-hydrogen) atoms. The van der Waals surface area contributed by atoms with Gasteiger partial charge in [-0.3, -0.25) is 0 Å². The topological polar surface area (TPSA) is 67.3 Å². The standard InChI is InChI=1S/C9H10ClN5/c1-2-7-6(3-10)4-11-9(13-7)8-5-12-15-14-8/h4-5H,2-3H2,1H3,(H,12,14,15). The third kappa shape index (κ3) is 1.97. The van der Waals surface area contributed by atoms with Gasteiger partial charge in [0.05, 0.1) is 12.1 Å². The lowest BCUT2D eigenvalue weighted by atomic mass is 10.2. The maximum atomic E-state index is 5.77. The minimum atomic E-state index is 0.433. The van der Waals surface area contributed by atoms with Crippen molar-refractivity contribution >= 4 is 11.6 Å². The zero-order valence-electron chi connectivity index (χ0n) is 8.24. The van der Waals surface area contributed by atoms with Crippen LogP contribution < -0.4 is 0 Å². The normalized spacial score (nSPS) is 10.5. The van der Waals surface area contributed by atoms with Gasteiger partial charge in [0, 0.05) is 17.5 Å². The van der Waals surface area contributed by atoms with Crippen molar-refractivity contribution < 1.29 is 0 Å². The van der Waals surface area contributed by atoms with Crippen molar-refractivity contribution in [2.75, 3.05) is 0 Å². The van der Waals surface area contributed by atoms with Gasteiger partial charge in [0.2, 0.25) is 0 Å². The monoisotopic (exact) mass is 223 g/mol. The van der Waals surface area contributed by atoms with Gasteiger partial charge >= 0.3 is 0 Å². The highest BCUT2D eigenvalue weighted by atomic mass is 35.5. The second kappa shape index (κ2) is 4.35. The molecule has 0 spiro atoms. The molecule has 0 aliphatic heterocycles. The molecule has 5 nitrogen and oxygen atoms in total. The molecule has 2 aromatic heterocycles. The first-order valence-corrected chi connectivity index (χ1v) is 5.15. The van der Waals surface area contributed by atoms with Gasteiger partial charge in [0.1, 0.15) is 5.69 Å². The van der Waals surface area contributed by atoms with Crippen LogP contribution in [0.2, 0.25) is 0 Å². The summed E-state index contributed by atoms with van der Waals surface area (Å²) >= 11 is 5.77. The van der Waals surface area contributed by atoms with E-state index in [1.165, 1.54) is 0 Å². The molecule has 0 atom stereocenters. The predicted octanol–water partition coefficient (Wildman–Crippen LogP) is 1.56. The molecule has 0 aliphatic carbocycles. The molecular weight excluding hydrogens is 214 g/mol. The molecule has 2 heterocycles. The smallest absolute Gasteiger partial charge is 0.181 e. The molecule has 0 unspecified atom stereocenters. The summed E-state index contributed by atoms with van der Waals surface area (Å²) in [4.78, 5) is 8.57. The lowest BCUT2D eigenvalue weighted by molar-refractivity contribution is 0.929. The second-order valence-electron chi connectivity index (χ2n) is 3.01. The van der Waals surface area contributed by atoms with Crippen molar-refractivity contribution in [3.05, 3.63) is 23.7 Å². The van der Waals surface area contributed by atoms with E-state index < -0.39 is 0 Å². The molecule has 0 bridgehead atoms. The zero-order valence-corrected chi connectivity index (χ0v) is 8.99. The number of aryl methyl sites for hydroxylation is 1. The first-order valence-electron chi connectivity index (χ1n) is 4.62. The van der Waals surface area contributed by atoms with E-state index in [1.807, 2.05) is 6.92 Å². The molecule has 0 fully saturated rings. The molecule has 0 amide bonds. The molecule has 0 saturated heterocycles. The Labute approximate surface area is 91.9 Å².